The van der Waals surface area contributed by atoms with Gasteiger partial charge in [0.2, 0.25) is 0 Å². The fourth-order valence-corrected chi connectivity index (χ4v) is 5.58. The molecule has 0 bridgehead atoms. The van der Waals surface area contributed by atoms with Gasteiger partial charge in [-0.05, 0) is 59.5 Å². The van der Waals surface area contributed by atoms with E-state index in [1.165, 1.54) is 5.56 Å². The molecule has 46 heavy (non-hydrogen) atoms. The van der Waals surface area contributed by atoms with E-state index in [0.717, 1.165) is 56.8 Å². The average molecular weight is 601 g/mol. The third-order valence-electron chi connectivity index (χ3n) is 8.09. The highest BCUT2D eigenvalue weighted by Crippen LogP contribution is 2.34. The first-order valence-corrected chi connectivity index (χ1v) is 15.6. The Balaban J connectivity index is 1.18. The van der Waals surface area contributed by atoms with E-state index in [2.05, 4.69) is 117 Å². The zero-order valence-electron chi connectivity index (χ0n) is 26.3. The van der Waals surface area contributed by atoms with Gasteiger partial charge in [-0.15, -0.1) is 0 Å². The monoisotopic (exact) mass is 600 g/mol. The van der Waals surface area contributed by atoms with E-state index >= 15 is 0 Å². The minimum atomic E-state index is -0.0235. The number of hydrogen-bond donors (Lipinski definition) is 0. The summed E-state index contributed by atoms with van der Waals surface area (Å²) in [5.74, 6) is 2.40. The summed E-state index contributed by atoms with van der Waals surface area (Å²) in [4.78, 5) is 7.32. The summed E-state index contributed by atoms with van der Waals surface area (Å²) in [5, 5.41) is 7.08. The Kier molecular flexibility index (Phi) is 7.81. The molecule has 6 aromatic rings. The van der Waals surface area contributed by atoms with Crippen molar-refractivity contribution in [3.05, 3.63) is 163 Å². The van der Waals surface area contributed by atoms with Crippen molar-refractivity contribution in [2.75, 3.05) is 16.6 Å². The van der Waals surface area contributed by atoms with E-state index in [1.54, 1.807) is 0 Å². The number of amidine groups is 1. The molecule has 0 aliphatic carbocycles. The largest absolute Gasteiger partial charge is 0.457 e. The molecule has 1 aliphatic heterocycles. The van der Waals surface area contributed by atoms with Crippen molar-refractivity contribution in [3.8, 4) is 34.0 Å². The molecule has 0 spiro atoms. The Morgan fingerprint density at radius 1 is 0.543 bits per heavy atom. The van der Waals surface area contributed by atoms with Crippen molar-refractivity contribution >= 4 is 17.2 Å². The second-order valence-electron chi connectivity index (χ2n) is 12.5. The fraction of sp³-hybridized carbons (Fsp3) is 0.122. The normalized spacial score (nSPS) is 13.1. The van der Waals surface area contributed by atoms with Gasteiger partial charge in [0.05, 0.1) is 17.1 Å². The summed E-state index contributed by atoms with van der Waals surface area (Å²) in [6.45, 7) is 7.30. The Morgan fingerprint density at radius 2 is 1.09 bits per heavy atom. The van der Waals surface area contributed by atoms with Crippen LogP contribution in [0.1, 0.15) is 31.9 Å². The maximum absolute atomic E-state index is 6.46. The molecule has 5 nitrogen and oxygen atoms in total. The van der Waals surface area contributed by atoms with Gasteiger partial charge in [0.1, 0.15) is 18.2 Å². The molecule has 5 aromatic carbocycles. The topological polar surface area (TPSA) is 41.0 Å². The molecule has 1 aliphatic rings. The first-order valence-electron chi connectivity index (χ1n) is 15.6. The van der Waals surface area contributed by atoms with Crippen LogP contribution in [0.4, 0.5) is 11.4 Å². The summed E-state index contributed by atoms with van der Waals surface area (Å²) in [6.07, 6.45) is 0. The van der Waals surface area contributed by atoms with Crippen molar-refractivity contribution in [3.63, 3.8) is 0 Å². The second-order valence-corrected chi connectivity index (χ2v) is 12.5. The van der Waals surface area contributed by atoms with Crippen LogP contribution in [0.2, 0.25) is 0 Å². The van der Waals surface area contributed by atoms with Crippen molar-refractivity contribution in [2.45, 2.75) is 26.2 Å². The Morgan fingerprint density at radius 3 is 1.76 bits per heavy atom. The first-order chi connectivity index (χ1) is 22.4. The summed E-state index contributed by atoms with van der Waals surface area (Å²) in [6, 6.07) is 51.7. The van der Waals surface area contributed by atoms with E-state index in [4.69, 9.17) is 14.8 Å². The number of aromatic nitrogens is 1. The third-order valence-corrected chi connectivity index (χ3v) is 8.09. The van der Waals surface area contributed by atoms with Crippen LogP contribution in [0.3, 0.4) is 0 Å². The van der Waals surface area contributed by atoms with Gasteiger partial charge in [0.15, 0.2) is 5.84 Å². The minimum Gasteiger partial charge on any atom is -0.457 e. The highest BCUT2D eigenvalue weighted by molar-refractivity contribution is 6.12. The number of ether oxygens (including phenoxy) is 1. The number of benzene rings is 5. The van der Waals surface area contributed by atoms with Crippen LogP contribution in [-0.4, -0.2) is 17.5 Å². The maximum atomic E-state index is 6.46. The minimum absolute atomic E-state index is 0.0235. The standard InChI is InChI=1S/C41H36N4O/c1-41(2,3)33-26-38(30-15-7-4-8-16-30)42-39(27-33)32-19-13-23-36(25-32)46-37-24-14-22-35(28-37)45-29-44(34-20-11-6-12-21-34)40(43-45)31-17-9-5-10-18-31/h4-28H,29H2,1-3H3. The van der Waals surface area contributed by atoms with Crippen molar-refractivity contribution in [1.29, 1.82) is 0 Å². The van der Waals surface area contributed by atoms with Crippen LogP contribution in [0.5, 0.6) is 11.5 Å². The third kappa shape index (κ3) is 6.26. The van der Waals surface area contributed by atoms with E-state index in [0.29, 0.717) is 6.67 Å². The maximum Gasteiger partial charge on any atom is 0.162 e. The summed E-state index contributed by atoms with van der Waals surface area (Å²) >= 11 is 0. The lowest BCUT2D eigenvalue weighted by molar-refractivity contribution is 0.483. The van der Waals surface area contributed by atoms with Crippen molar-refractivity contribution in [2.24, 2.45) is 5.10 Å². The number of pyridine rings is 1. The predicted octanol–water partition coefficient (Wildman–Crippen LogP) is 10.2. The first kappa shape index (κ1) is 29.1. The number of anilines is 2. The lowest BCUT2D eigenvalue weighted by Crippen LogP contribution is -2.31. The van der Waals surface area contributed by atoms with Crippen LogP contribution in [0.15, 0.2) is 157 Å². The Hall–Kier alpha value is -5.68. The SMILES string of the molecule is CC(C)(C)c1cc(-c2ccccc2)nc(-c2cccc(Oc3cccc(N4CN(c5ccccc5)C(c5ccccc5)=N4)c3)c2)c1. The van der Waals surface area contributed by atoms with Gasteiger partial charge < -0.3 is 9.64 Å². The number of nitrogens with zero attached hydrogens (tertiary/aromatic N) is 4. The molecular weight excluding hydrogens is 564 g/mol. The van der Waals surface area contributed by atoms with Gasteiger partial charge in [-0.1, -0.05) is 118 Å². The summed E-state index contributed by atoms with van der Waals surface area (Å²) in [7, 11) is 0. The van der Waals surface area contributed by atoms with E-state index in [1.807, 2.05) is 65.7 Å². The van der Waals surface area contributed by atoms with Crippen LogP contribution in [-0.2, 0) is 5.41 Å². The number of hydrazone groups is 1. The second kappa shape index (κ2) is 12.4. The molecule has 0 atom stereocenters. The molecule has 7 rings (SSSR count). The average Bonchev–Trinajstić information content (AvgIpc) is 3.55. The molecule has 0 amide bonds. The van der Waals surface area contributed by atoms with Gasteiger partial charge >= 0.3 is 0 Å². The molecule has 1 aromatic heterocycles. The number of rotatable bonds is 7. The van der Waals surface area contributed by atoms with E-state index < -0.39 is 0 Å². The van der Waals surface area contributed by atoms with Crippen LogP contribution in [0.25, 0.3) is 22.5 Å². The molecule has 0 saturated heterocycles. The molecule has 0 saturated carbocycles. The predicted molar refractivity (Wildman–Crippen MR) is 190 cm³/mol. The van der Waals surface area contributed by atoms with Gasteiger partial charge in [0.25, 0.3) is 0 Å². The highest BCUT2D eigenvalue weighted by atomic mass is 16.5. The van der Waals surface area contributed by atoms with Crippen LogP contribution in [0, 0.1) is 0 Å². The van der Waals surface area contributed by atoms with E-state index in [-0.39, 0.29) is 5.41 Å². The van der Waals surface area contributed by atoms with Crippen molar-refractivity contribution in [1.82, 2.24) is 4.98 Å². The fourth-order valence-electron chi connectivity index (χ4n) is 5.58. The zero-order chi connectivity index (χ0) is 31.5. The number of hydrogen-bond acceptors (Lipinski definition) is 5. The lowest BCUT2D eigenvalue weighted by Gasteiger charge is -2.22. The van der Waals surface area contributed by atoms with Crippen LogP contribution < -0.4 is 14.6 Å². The highest BCUT2D eigenvalue weighted by Gasteiger charge is 2.26. The molecule has 0 unspecified atom stereocenters. The van der Waals surface area contributed by atoms with E-state index in [9.17, 15) is 0 Å². The molecule has 226 valence electrons. The van der Waals surface area contributed by atoms with Crippen molar-refractivity contribution < 1.29 is 4.74 Å². The smallest absolute Gasteiger partial charge is 0.162 e. The summed E-state index contributed by atoms with van der Waals surface area (Å²) < 4.78 is 6.46. The van der Waals surface area contributed by atoms with Gasteiger partial charge in [-0.25, -0.2) is 9.99 Å². The van der Waals surface area contributed by atoms with Gasteiger partial charge in [-0.2, -0.15) is 5.10 Å². The van der Waals surface area contributed by atoms with Gasteiger partial charge in [0, 0.05) is 28.4 Å². The molecule has 0 fully saturated rings. The Labute approximate surface area is 271 Å². The van der Waals surface area contributed by atoms with Gasteiger partial charge in [-0.3, -0.25) is 0 Å². The zero-order valence-corrected chi connectivity index (χ0v) is 26.3. The molecule has 5 heteroatoms. The lowest BCUT2D eigenvalue weighted by atomic mass is 9.85. The van der Waals surface area contributed by atoms with Crippen LogP contribution >= 0.6 is 0 Å². The quantitative estimate of drug-likeness (QED) is 0.183. The summed E-state index contributed by atoms with van der Waals surface area (Å²) in [5.41, 5.74) is 8.32. The number of para-hydroxylation sites is 1. The molecular formula is C41H36N4O. The molecule has 0 N–H and O–H groups in total. The Bertz CT molecular complexity index is 1980. The molecule has 0 radical (unpaired) electrons. The molecule has 2 heterocycles.